The molecule has 0 saturated heterocycles. The van der Waals surface area contributed by atoms with Gasteiger partial charge in [-0.05, 0) is 23.6 Å². The highest BCUT2D eigenvalue weighted by atomic mass is 19.1. The van der Waals surface area contributed by atoms with Crippen LogP contribution in [0.1, 0.15) is 19.8 Å². The molecule has 0 unspecified atom stereocenters. The van der Waals surface area contributed by atoms with Crippen LogP contribution in [-0.4, -0.2) is 5.11 Å². The van der Waals surface area contributed by atoms with Crippen molar-refractivity contribution >= 4 is 0 Å². The molecule has 128 valence electrons. The number of rotatable bonds is 10. The van der Waals surface area contributed by atoms with Crippen molar-refractivity contribution in [1.82, 2.24) is 0 Å². The minimum absolute atomic E-state index is 0.0100. The molecule has 0 atom stereocenters. The summed E-state index contributed by atoms with van der Waals surface area (Å²) in [5.74, 6) is -2.02. The Hall–Kier alpha value is -2.68. The summed E-state index contributed by atoms with van der Waals surface area (Å²) in [6, 6.07) is 0. The predicted octanol–water partition coefficient (Wildman–Crippen LogP) is 6.90. The van der Waals surface area contributed by atoms with Crippen molar-refractivity contribution in [2.75, 3.05) is 0 Å². The molecule has 3 heteroatoms. The third kappa shape index (κ3) is 7.54. The minimum Gasteiger partial charge on any atom is -0.508 e. The molecule has 0 rings (SSSR count). The van der Waals surface area contributed by atoms with Crippen LogP contribution >= 0.6 is 0 Å². The van der Waals surface area contributed by atoms with Crippen LogP contribution in [0.25, 0.3) is 0 Å². The monoisotopic (exact) mass is 330 g/mol. The minimum atomic E-state index is -0.850. The quantitative estimate of drug-likeness (QED) is 0.341. The Morgan fingerprint density at radius 3 is 1.83 bits per heavy atom. The van der Waals surface area contributed by atoms with Crippen molar-refractivity contribution in [1.29, 1.82) is 0 Å². The van der Waals surface area contributed by atoms with E-state index in [9.17, 15) is 8.78 Å². The number of hydrogen-bond acceptors (Lipinski definition) is 1. The summed E-state index contributed by atoms with van der Waals surface area (Å²) < 4.78 is 27.8. The zero-order chi connectivity index (χ0) is 18.9. The fourth-order valence-electron chi connectivity index (χ4n) is 1.59. The van der Waals surface area contributed by atoms with Crippen molar-refractivity contribution in [2.24, 2.45) is 0 Å². The van der Waals surface area contributed by atoms with Crippen LogP contribution in [-0.2, 0) is 0 Å². The van der Waals surface area contributed by atoms with Crippen LogP contribution in [0, 0.1) is 0 Å². The molecule has 24 heavy (non-hydrogen) atoms. The van der Waals surface area contributed by atoms with E-state index in [0.717, 1.165) is 30.6 Å². The van der Waals surface area contributed by atoms with Gasteiger partial charge in [0.05, 0.1) is 0 Å². The molecule has 0 radical (unpaired) electrons. The Labute approximate surface area is 143 Å². The summed E-state index contributed by atoms with van der Waals surface area (Å²) >= 11 is 0. The first-order valence-electron chi connectivity index (χ1n) is 7.35. The second-order valence-electron chi connectivity index (χ2n) is 5.23. The van der Waals surface area contributed by atoms with E-state index in [1.54, 1.807) is 12.2 Å². The topological polar surface area (TPSA) is 20.2 Å². The highest BCUT2D eigenvalue weighted by Crippen LogP contribution is 2.25. The van der Waals surface area contributed by atoms with Gasteiger partial charge in [0, 0.05) is 17.2 Å². The molecule has 0 heterocycles. The molecule has 0 aliphatic carbocycles. The summed E-state index contributed by atoms with van der Waals surface area (Å²) in [4.78, 5) is 0. The molecule has 0 aromatic rings. The van der Waals surface area contributed by atoms with E-state index in [-0.39, 0.29) is 16.7 Å². The molecule has 0 aliphatic rings. The molecule has 0 aromatic carbocycles. The summed E-state index contributed by atoms with van der Waals surface area (Å²) in [6.07, 6.45) is 6.97. The van der Waals surface area contributed by atoms with E-state index in [1.165, 1.54) is 0 Å². The fourth-order valence-corrected chi connectivity index (χ4v) is 1.59. The molecule has 0 aromatic heterocycles. The van der Waals surface area contributed by atoms with E-state index in [1.807, 2.05) is 6.92 Å². The van der Waals surface area contributed by atoms with Crippen LogP contribution in [0.5, 0.6) is 0 Å². The molecule has 0 fully saturated rings. The maximum absolute atomic E-state index is 14.2. The molecular weight excluding hydrogens is 306 g/mol. The molecule has 0 saturated carbocycles. The van der Waals surface area contributed by atoms with Gasteiger partial charge in [-0.2, -0.15) is 0 Å². The van der Waals surface area contributed by atoms with Gasteiger partial charge in [-0.15, -0.1) is 0 Å². The molecular formula is C21H24F2O. The van der Waals surface area contributed by atoms with Gasteiger partial charge in [0.1, 0.15) is 17.4 Å². The summed E-state index contributed by atoms with van der Waals surface area (Å²) in [5, 5.41) is 8.93. The Kier molecular flexibility index (Phi) is 9.03. The smallest absolute Gasteiger partial charge is 0.134 e. The normalized spacial score (nSPS) is 12.1. The number of halogens is 2. The zero-order valence-corrected chi connectivity index (χ0v) is 14.2. The lowest BCUT2D eigenvalue weighted by molar-refractivity contribution is 0.431. The van der Waals surface area contributed by atoms with E-state index in [4.69, 9.17) is 5.11 Å². The first kappa shape index (κ1) is 21.3. The molecule has 1 nitrogen and oxygen atoms in total. The Morgan fingerprint density at radius 2 is 1.33 bits per heavy atom. The largest absolute Gasteiger partial charge is 0.508 e. The van der Waals surface area contributed by atoms with Gasteiger partial charge in [-0.25, -0.2) is 8.78 Å². The first-order valence-corrected chi connectivity index (χ1v) is 7.35. The Morgan fingerprint density at radius 1 is 0.833 bits per heavy atom. The Balaban J connectivity index is 5.06. The average molecular weight is 330 g/mol. The molecule has 1 N–H and O–H groups in total. The van der Waals surface area contributed by atoms with Gasteiger partial charge in [0.15, 0.2) is 0 Å². The summed E-state index contributed by atoms with van der Waals surface area (Å²) in [6.45, 7) is 23.4. The van der Waals surface area contributed by atoms with Crippen LogP contribution < -0.4 is 0 Å². The van der Waals surface area contributed by atoms with Crippen molar-refractivity contribution in [3.63, 3.8) is 0 Å². The zero-order valence-electron chi connectivity index (χ0n) is 14.2. The highest BCUT2D eigenvalue weighted by Gasteiger charge is 2.09. The highest BCUT2D eigenvalue weighted by molar-refractivity contribution is 5.53. The van der Waals surface area contributed by atoms with Crippen molar-refractivity contribution in [3.8, 4) is 0 Å². The molecule has 0 amide bonds. The van der Waals surface area contributed by atoms with Gasteiger partial charge >= 0.3 is 0 Å². The maximum atomic E-state index is 14.2. The lowest BCUT2D eigenvalue weighted by atomic mass is 10.0. The standard InChI is InChI=1S/C21H24F2O/c1-8-9-14(2)10-11-15(3)18(6)20(22)12-16(4)19(7)21(23)13-17(5)24/h10-13,24H,2-9H2,1H3/b11-10-,20-12+,21-13+. The van der Waals surface area contributed by atoms with Gasteiger partial charge in [0.2, 0.25) is 0 Å². The van der Waals surface area contributed by atoms with E-state index in [0.29, 0.717) is 5.57 Å². The van der Waals surface area contributed by atoms with Crippen LogP contribution in [0.15, 0.2) is 109 Å². The number of aliphatic hydroxyl groups is 1. The second-order valence-corrected chi connectivity index (χ2v) is 5.23. The van der Waals surface area contributed by atoms with Crippen molar-refractivity contribution in [3.05, 3.63) is 109 Å². The van der Waals surface area contributed by atoms with Gasteiger partial charge < -0.3 is 5.11 Å². The van der Waals surface area contributed by atoms with Crippen molar-refractivity contribution < 1.29 is 13.9 Å². The predicted molar refractivity (Wildman–Crippen MR) is 99.9 cm³/mol. The van der Waals surface area contributed by atoms with E-state index < -0.39 is 17.4 Å². The molecule has 0 aliphatic heterocycles. The van der Waals surface area contributed by atoms with Gasteiger partial charge in [-0.1, -0.05) is 70.5 Å². The van der Waals surface area contributed by atoms with E-state index in [2.05, 4.69) is 39.5 Å². The summed E-state index contributed by atoms with van der Waals surface area (Å²) in [7, 11) is 0. The fraction of sp³-hybridized carbons (Fsp3) is 0.143. The third-order valence-electron chi connectivity index (χ3n) is 3.04. The van der Waals surface area contributed by atoms with Crippen molar-refractivity contribution in [2.45, 2.75) is 19.8 Å². The maximum Gasteiger partial charge on any atom is 0.134 e. The Bertz CT molecular complexity index is 670. The van der Waals surface area contributed by atoms with E-state index >= 15 is 0 Å². The molecule has 0 spiro atoms. The summed E-state index contributed by atoms with van der Waals surface area (Å²) in [5.41, 5.74) is 1.19. The number of allylic oxidation sites excluding steroid dienone is 11. The number of aliphatic hydroxyl groups excluding tert-OH is 1. The lowest BCUT2D eigenvalue weighted by Crippen LogP contribution is -1.90. The van der Waals surface area contributed by atoms with Crippen LogP contribution in [0.2, 0.25) is 0 Å². The van der Waals surface area contributed by atoms with Crippen LogP contribution in [0.4, 0.5) is 8.78 Å². The lowest BCUT2D eigenvalue weighted by Gasteiger charge is -2.06. The third-order valence-corrected chi connectivity index (χ3v) is 3.04. The second kappa shape index (κ2) is 10.2. The average Bonchev–Trinajstić information content (AvgIpc) is 2.50. The SMILES string of the molecule is C=C(O)/C=C(/F)C(=C)C(=C)/C=C(/F)C(=C)C(=C)/C=C\C(=C)CCC. The van der Waals surface area contributed by atoms with Crippen LogP contribution in [0.3, 0.4) is 0 Å². The molecule has 0 bridgehead atoms. The van der Waals surface area contributed by atoms with Gasteiger partial charge in [-0.3, -0.25) is 0 Å². The first-order chi connectivity index (χ1) is 11.1. The van der Waals surface area contributed by atoms with Gasteiger partial charge in [0.25, 0.3) is 0 Å². The number of hydrogen-bond donors (Lipinski definition) is 1.